The molecule has 3 nitrogen and oxygen atoms in total. The largest absolute Gasteiger partial charge is 0.357 e. The number of rotatable bonds is 4. The molecule has 1 saturated heterocycles. The van der Waals surface area contributed by atoms with E-state index in [4.69, 9.17) is 4.98 Å². The number of aryl methyl sites for hydroxylation is 1. The van der Waals surface area contributed by atoms with E-state index >= 15 is 0 Å². The number of anilines is 1. The highest BCUT2D eigenvalue weighted by Crippen LogP contribution is 2.31. The molecule has 2 heterocycles. The van der Waals surface area contributed by atoms with Gasteiger partial charge in [0.25, 0.3) is 0 Å². The Morgan fingerprint density at radius 1 is 1.25 bits per heavy atom. The third-order valence-corrected chi connectivity index (χ3v) is 4.24. The average Bonchev–Trinajstić information content (AvgIpc) is 2.57. The predicted molar refractivity (Wildman–Crippen MR) is 86.2 cm³/mol. The summed E-state index contributed by atoms with van der Waals surface area (Å²) >= 11 is 0. The van der Waals surface area contributed by atoms with Crippen molar-refractivity contribution in [2.45, 2.75) is 53.5 Å². The molecule has 0 radical (unpaired) electrons. The minimum Gasteiger partial charge on any atom is -0.357 e. The summed E-state index contributed by atoms with van der Waals surface area (Å²) in [6, 6.07) is 4.45. The second-order valence-electron chi connectivity index (χ2n) is 6.76. The van der Waals surface area contributed by atoms with E-state index in [1.807, 2.05) is 0 Å². The Balaban J connectivity index is 2.13. The lowest BCUT2D eigenvalue weighted by Gasteiger charge is -2.24. The Morgan fingerprint density at radius 2 is 2.05 bits per heavy atom. The molecule has 1 aromatic heterocycles. The standard InChI is InChI=1S/C17H29N3/c1-5-18-13-15-11-14(2)19-16(12-15)20-9-6-7-17(3,4)8-10-20/h11-12,18H,5-10,13H2,1-4H3. The Morgan fingerprint density at radius 3 is 2.80 bits per heavy atom. The summed E-state index contributed by atoms with van der Waals surface area (Å²) in [5, 5.41) is 3.40. The smallest absolute Gasteiger partial charge is 0.129 e. The molecule has 0 bridgehead atoms. The maximum Gasteiger partial charge on any atom is 0.129 e. The normalized spacial score (nSPS) is 18.9. The lowest BCUT2D eigenvalue weighted by atomic mass is 9.85. The quantitative estimate of drug-likeness (QED) is 0.911. The molecule has 20 heavy (non-hydrogen) atoms. The first-order valence-electron chi connectivity index (χ1n) is 7.93. The summed E-state index contributed by atoms with van der Waals surface area (Å²) in [5.41, 5.74) is 2.95. The molecule has 0 aliphatic carbocycles. The number of nitrogens with zero attached hydrogens (tertiary/aromatic N) is 2. The van der Waals surface area contributed by atoms with Crippen molar-refractivity contribution in [3.05, 3.63) is 23.4 Å². The van der Waals surface area contributed by atoms with Crippen LogP contribution in [0.25, 0.3) is 0 Å². The van der Waals surface area contributed by atoms with Crippen molar-refractivity contribution < 1.29 is 0 Å². The number of pyridine rings is 1. The summed E-state index contributed by atoms with van der Waals surface area (Å²) in [4.78, 5) is 7.22. The van der Waals surface area contributed by atoms with Gasteiger partial charge < -0.3 is 10.2 Å². The molecule has 1 aromatic rings. The van der Waals surface area contributed by atoms with E-state index in [0.717, 1.165) is 37.7 Å². The Bertz CT molecular complexity index is 440. The van der Waals surface area contributed by atoms with E-state index in [-0.39, 0.29) is 0 Å². The SMILES string of the molecule is CCNCc1cc(C)nc(N2CCCC(C)(C)CC2)c1. The van der Waals surface area contributed by atoms with Gasteiger partial charge in [-0.1, -0.05) is 20.8 Å². The third-order valence-electron chi connectivity index (χ3n) is 4.24. The van der Waals surface area contributed by atoms with Crippen LogP contribution in [-0.4, -0.2) is 24.6 Å². The number of hydrogen-bond donors (Lipinski definition) is 1. The molecule has 112 valence electrons. The first-order valence-corrected chi connectivity index (χ1v) is 7.93. The summed E-state index contributed by atoms with van der Waals surface area (Å²) in [7, 11) is 0. The van der Waals surface area contributed by atoms with Crippen molar-refractivity contribution in [3.63, 3.8) is 0 Å². The minimum absolute atomic E-state index is 0.477. The van der Waals surface area contributed by atoms with Crippen molar-refractivity contribution in [2.24, 2.45) is 5.41 Å². The highest BCUT2D eigenvalue weighted by Gasteiger charge is 2.23. The Hall–Kier alpha value is -1.09. The minimum atomic E-state index is 0.477. The molecular formula is C17H29N3. The van der Waals surface area contributed by atoms with Crippen LogP contribution >= 0.6 is 0 Å². The second-order valence-corrected chi connectivity index (χ2v) is 6.76. The summed E-state index contributed by atoms with van der Waals surface area (Å²) < 4.78 is 0. The van der Waals surface area contributed by atoms with E-state index in [9.17, 15) is 0 Å². The molecule has 3 heteroatoms. The molecular weight excluding hydrogens is 246 g/mol. The van der Waals surface area contributed by atoms with Crippen molar-refractivity contribution in [1.29, 1.82) is 0 Å². The van der Waals surface area contributed by atoms with Crippen LogP contribution in [0.1, 0.15) is 51.3 Å². The van der Waals surface area contributed by atoms with Crippen LogP contribution in [0.5, 0.6) is 0 Å². The van der Waals surface area contributed by atoms with Gasteiger partial charge in [0.1, 0.15) is 5.82 Å². The van der Waals surface area contributed by atoms with E-state index in [1.165, 1.54) is 24.8 Å². The maximum atomic E-state index is 4.75. The van der Waals surface area contributed by atoms with Crippen LogP contribution < -0.4 is 10.2 Å². The topological polar surface area (TPSA) is 28.2 Å². The maximum absolute atomic E-state index is 4.75. The van der Waals surface area contributed by atoms with Crippen LogP contribution in [0.15, 0.2) is 12.1 Å². The van der Waals surface area contributed by atoms with Gasteiger partial charge in [-0.3, -0.25) is 0 Å². The van der Waals surface area contributed by atoms with Gasteiger partial charge in [-0.05, 0) is 55.8 Å². The molecule has 0 spiro atoms. The molecule has 0 amide bonds. The first-order chi connectivity index (χ1) is 9.50. The highest BCUT2D eigenvalue weighted by atomic mass is 15.2. The molecule has 1 fully saturated rings. The number of hydrogen-bond acceptors (Lipinski definition) is 3. The summed E-state index contributed by atoms with van der Waals surface area (Å²) in [6.07, 6.45) is 3.84. The fourth-order valence-corrected chi connectivity index (χ4v) is 2.91. The van der Waals surface area contributed by atoms with E-state index < -0.39 is 0 Å². The van der Waals surface area contributed by atoms with Gasteiger partial charge in [0.2, 0.25) is 0 Å². The molecule has 1 N–H and O–H groups in total. The average molecular weight is 275 g/mol. The zero-order valence-electron chi connectivity index (χ0n) is 13.5. The van der Waals surface area contributed by atoms with E-state index in [2.05, 4.69) is 50.0 Å². The van der Waals surface area contributed by atoms with Crippen LogP contribution in [0.4, 0.5) is 5.82 Å². The highest BCUT2D eigenvalue weighted by molar-refractivity contribution is 5.43. The van der Waals surface area contributed by atoms with Crippen molar-refractivity contribution >= 4 is 5.82 Å². The number of aromatic nitrogens is 1. The van der Waals surface area contributed by atoms with Gasteiger partial charge in [-0.2, -0.15) is 0 Å². The van der Waals surface area contributed by atoms with Gasteiger partial charge in [-0.15, -0.1) is 0 Å². The van der Waals surface area contributed by atoms with Crippen molar-refractivity contribution in [1.82, 2.24) is 10.3 Å². The van der Waals surface area contributed by atoms with Crippen molar-refractivity contribution in [2.75, 3.05) is 24.5 Å². The van der Waals surface area contributed by atoms with E-state index in [1.54, 1.807) is 0 Å². The molecule has 0 aromatic carbocycles. The van der Waals surface area contributed by atoms with Gasteiger partial charge >= 0.3 is 0 Å². The molecule has 1 aliphatic heterocycles. The van der Waals surface area contributed by atoms with Crippen molar-refractivity contribution in [3.8, 4) is 0 Å². The van der Waals surface area contributed by atoms with Crippen LogP contribution in [0, 0.1) is 12.3 Å². The fourth-order valence-electron chi connectivity index (χ4n) is 2.91. The molecule has 0 unspecified atom stereocenters. The molecule has 2 rings (SSSR count). The van der Waals surface area contributed by atoms with Crippen LogP contribution in [-0.2, 0) is 6.54 Å². The van der Waals surface area contributed by atoms with Gasteiger partial charge in [-0.25, -0.2) is 4.98 Å². The predicted octanol–water partition coefficient (Wildman–Crippen LogP) is 3.52. The third kappa shape index (κ3) is 4.20. The zero-order valence-corrected chi connectivity index (χ0v) is 13.5. The van der Waals surface area contributed by atoms with E-state index in [0.29, 0.717) is 5.41 Å². The van der Waals surface area contributed by atoms with Gasteiger partial charge in [0.15, 0.2) is 0 Å². The monoisotopic (exact) mass is 275 g/mol. The molecule has 1 aliphatic rings. The lowest BCUT2D eigenvalue weighted by molar-refractivity contribution is 0.325. The lowest BCUT2D eigenvalue weighted by Crippen LogP contribution is -2.26. The molecule has 0 saturated carbocycles. The first kappa shape index (κ1) is 15.3. The summed E-state index contributed by atoms with van der Waals surface area (Å²) in [6.45, 7) is 13.2. The Kier molecular flexibility index (Phi) is 5.03. The van der Waals surface area contributed by atoms with Gasteiger partial charge in [0, 0.05) is 25.3 Å². The summed E-state index contributed by atoms with van der Waals surface area (Å²) in [5.74, 6) is 1.16. The zero-order chi connectivity index (χ0) is 14.6. The van der Waals surface area contributed by atoms with Crippen LogP contribution in [0.2, 0.25) is 0 Å². The second kappa shape index (κ2) is 6.57. The Labute approximate surface area is 123 Å². The number of nitrogens with one attached hydrogen (secondary N) is 1. The fraction of sp³-hybridized carbons (Fsp3) is 0.706. The van der Waals surface area contributed by atoms with Gasteiger partial charge in [0.05, 0.1) is 0 Å². The molecule has 0 atom stereocenters. The van der Waals surface area contributed by atoms with Crippen LogP contribution in [0.3, 0.4) is 0 Å².